The minimum atomic E-state index is -0.734. The largest absolute Gasteiger partial charge is 0.391 e. The van der Waals surface area contributed by atoms with E-state index in [9.17, 15) is 14.7 Å². The molecule has 0 spiro atoms. The molecule has 3 N–H and O–H groups in total. The average Bonchev–Trinajstić information content (AvgIpc) is 3.32. The summed E-state index contributed by atoms with van der Waals surface area (Å²) in [5.74, 6) is -0.552. The first-order valence-electron chi connectivity index (χ1n) is 10.2. The van der Waals surface area contributed by atoms with Crippen molar-refractivity contribution in [1.82, 2.24) is 25.2 Å². The molecular formula is C21H29ClN6O3. The highest BCUT2D eigenvalue weighted by atomic mass is 35.5. The van der Waals surface area contributed by atoms with Crippen LogP contribution in [-0.4, -0.2) is 62.6 Å². The van der Waals surface area contributed by atoms with E-state index in [0.29, 0.717) is 17.3 Å². The maximum absolute atomic E-state index is 13.5. The maximum Gasteiger partial charge on any atom is 0.248 e. The van der Waals surface area contributed by atoms with Gasteiger partial charge in [0, 0.05) is 30.7 Å². The van der Waals surface area contributed by atoms with Crippen LogP contribution in [0.1, 0.15) is 38.9 Å². The lowest BCUT2D eigenvalue weighted by Gasteiger charge is -2.34. The van der Waals surface area contributed by atoms with Crippen LogP contribution >= 0.6 is 11.6 Å². The van der Waals surface area contributed by atoms with Gasteiger partial charge in [0.1, 0.15) is 17.8 Å². The van der Waals surface area contributed by atoms with E-state index in [0.717, 1.165) is 5.69 Å². The number of rotatable bonds is 6. The van der Waals surface area contributed by atoms with E-state index in [4.69, 9.17) is 11.6 Å². The molecule has 1 saturated heterocycles. The molecule has 1 fully saturated rings. The van der Waals surface area contributed by atoms with Crippen molar-refractivity contribution in [3.63, 3.8) is 0 Å². The quantitative estimate of drug-likeness (QED) is 0.621. The fourth-order valence-corrected chi connectivity index (χ4v) is 3.92. The molecule has 1 aliphatic rings. The van der Waals surface area contributed by atoms with Crippen molar-refractivity contribution in [3.05, 3.63) is 41.2 Å². The Morgan fingerprint density at radius 3 is 2.58 bits per heavy atom. The smallest absolute Gasteiger partial charge is 0.248 e. The van der Waals surface area contributed by atoms with E-state index in [1.807, 2.05) is 32.9 Å². The number of hydrogen-bond donors (Lipinski definition) is 3. The lowest BCUT2D eigenvalue weighted by molar-refractivity contribution is -0.144. The van der Waals surface area contributed by atoms with Crippen LogP contribution in [0.2, 0.25) is 5.02 Å². The summed E-state index contributed by atoms with van der Waals surface area (Å²) in [6.07, 6.45) is 1.22. The SMILES string of the molecule is CNC(=O)[C@@H]1C[C@@H](O)CN1C(=O)[C@@H](n1cc(CNc2ccc(Cl)cc2)nn1)C(C)(C)C. The second kappa shape index (κ2) is 9.23. The molecule has 0 saturated carbocycles. The summed E-state index contributed by atoms with van der Waals surface area (Å²) < 4.78 is 1.55. The molecule has 3 rings (SSSR count). The Bertz CT molecular complexity index is 924. The van der Waals surface area contributed by atoms with E-state index in [1.54, 1.807) is 23.0 Å². The van der Waals surface area contributed by atoms with Crippen LogP contribution in [0, 0.1) is 5.41 Å². The van der Waals surface area contributed by atoms with Gasteiger partial charge in [-0.1, -0.05) is 37.6 Å². The number of anilines is 1. The first-order valence-corrected chi connectivity index (χ1v) is 10.6. The van der Waals surface area contributed by atoms with Crippen molar-refractivity contribution >= 4 is 29.1 Å². The third-order valence-corrected chi connectivity index (χ3v) is 5.56. The van der Waals surface area contributed by atoms with Gasteiger partial charge in [0.05, 0.1) is 18.8 Å². The van der Waals surface area contributed by atoms with Gasteiger partial charge in [-0.05, 0) is 29.7 Å². The number of carbonyl (C=O) groups is 2. The van der Waals surface area contributed by atoms with Gasteiger partial charge in [0.15, 0.2) is 0 Å². The fraction of sp³-hybridized carbons (Fsp3) is 0.524. The van der Waals surface area contributed by atoms with Crippen molar-refractivity contribution in [2.45, 2.75) is 51.9 Å². The van der Waals surface area contributed by atoms with Crippen molar-refractivity contribution in [3.8, 4) is 0 Å². The van der Waals surface area contributed by atoms with Gasteiger partial charge < -0.3 is 20.6 Å². The van der Waals surface area contributed by atoms with Crippen LogP contribution in [0.5, 0.6) is 0 Å². The van der Waals surface area contributed by atoms with E-state index in [1.165, 1.54) is 11.9 Å². The summed E-state index contributed by atoms with van der Waals surface area (Å²) in [6.45, 7) is 6.35. The van der Waals surface area contributed by atoms with Crippen LogP contribution < -0.4 is 10.6 Å². The molecule has 0 bridgehead atoms. The molecule has 0 aliphatic carbocycles. The van der Waals surface area contributed by atoms with E-state index < -0.39 is 23.6 Å². The van der Waals surface area contributed by atoms with Gasteiger partial charge in [0.2, 0.25) is 11.8 Å². The summed E-state index contributed by atoms with van der Waals surface area (Å²) >= 11 is 5.91. The molecular weight excluding hydrogens is 420 g/mol. The zero-order chi connectivity index (χ0) is 22.8. The molecule has 1 aliphatic heterocycles. The number of β-amino-alcohol motifs (C(OH)–C–C–N with tert-alkyl or cyclic N) is 1. The fourth-order valence-electron chi connectivity index (χ4n) is 3.79. The average molecular weight is 449 g/mol. The molecule has 0 radical (unpaired) electrons. The van der Waals surface area contributed by atoms with Gasteiger partial charge in [-0.15, -0.1) is 5.10 Å². The number of amides is 2. The van der Waals surface area contributed by atoms with E-state index >= 15 is 0 Å². The lowest BCUT2D eigenvalue weighted by atomic mass is 9.85. The molecule has 2 heterocycles. The summed E-state index contributed by atoms with van der Waals surface area (Å²) in [5, 5.41) is 25.0. The van der Waals surface area contributed by atoms with Crippen LogP contribution in [-0.2, 0) is 16.1 Å². The topological polar surface area (TPSA) is 112 Å². The van der Waals surface area contributed by atoms with Crippen LogP contribution in [0.3, 0.4) is 0 Å². The molecule has 10 heteroatoms. The van der Waals surface area contributed by atoms with E-state index in [2.05, 4.69) is 20.9 Å². The Kier molecular flexibility index (Phi) is 6.86. The summed E-state index contributed by atoms with van der Waals surface area (Å²) in [6, 6.07) is 5.94. The molecule has 9 nitrogen and oxygen atoms in total. The van der Waals surface area contributed by atoms with Gasteiger partial charge in [-0.3, -0.25) is 9.59 Å². The van der Waals surface area contributed by atoms with Crippen molar-refractivity contribution in [2.24, 2.45) is 5.41 Å². The standard InChI is InChI=1S/C21H29ClN6O3/c1-21(2,3)18(20(31)27-12-16(29)9-17(27)19(30)23-4)28-11-15(25-26-28)10-24-14-7-5-13(22)6-8-14/h5-8,11,16-18,24,29H,9-10,12H2,1-4H3,(H,23,30)/t16-,17+,18-/m1/s1. The zero-order valence-corrected chi connectivity index (χ0v) is 18.9. The lowest BCUT2D eigenvalue weighted by Crippen LogP contribution is -2.49. The monoisotopic (exact) mass is 448 g/mol. The van der Waals surface area contributed by atoms with Crippen LogP contribution in [0.25, 0.3) is 0 Å². The number of aliphatic hydroxyl groups excluding tert-OH is 1. The number of aliphatic hydroxyl groups is 1. The number of aromatic nitrogens is 3. The number of likely N-dealkylation sites (tertiary alicyclic amines) is 1. The van der Waals surface area contributed by atoms with Crippen LogP contribution in [0.4, 0.5) is 5.69 Å². The first kappa shape index (κ1) is 23.0. The number of nitrogens with one attached hydrogen (secondary N) is 2. The first-order chi connectivity index (χ1) is 14.6. The van der Waals surface area contributed by atoms with Crippen molar-refractivity contribution in [1.29, 1.82) is 0 Å². The Labute approximate surface area is 186 Å². The van der Waals surface area contributed by atoms with Gasteiger partial charge in [-0.25, -0.2) is 4.68 Å². The van der Waals surface area contributed by atoms with Crippen LogP contribution in [0.15, 0.2) is 30.5 Å². The molecule has 2 aromatic rings. The number of carbonyl (C=O) groups excluding carboxylic acids is 2. The minimum absolute atomic E-state index is 0.114. The molecule has 3 atom stereocenters. The Morgan fingerprint density at radius 1 is 1.29 bits per heavy atom. The molecule has 0 unspecified atom stereocenters. The third-order valence-electron chi connectivity index (χ3n) is 5.31. The zero-order valence-electron chi connectivity index (χ0n) is 18.2. The predicted molar refractivity (Wildman–Crippen MR) is 117 cm³/mol. The number of hydrogen-bond acceptors (Lipinski definition) is 6. The normalized spacial score (nSPS) is 19.9. The Morgan fingerprint density at radius 2 is 1.97 bits per heavy atom. The molecule has 1 aromatic carbocycles. The second-order valence-electron chi connectivity index (χ2n) is 8.83. The highest BCUT2D eigenvalue weighted by molar-refractivity contribution is 6.30. The van der Waals surface area contributed by atoms with Gasteiger partial charge in [0.25, 0.3) is 0 Å². The summed E-state index contributed by atoms with van der Waals surface area (Å²) in [7, 11) is 1.52. The highest BCUT2D eigenvalue weighted by Crippen LogP contribution is 2.34. The number of benzene rings is 1. The Hall–Kier alpha value is -2.65. The molecule has 2 amide bonds. The minimum Gasteiger partial charge on any atom is -0.391 e. The van der Waals surface area contributed by atoms with E-state index in [-0.39, 0.29) is 24.8 Å². The van der Waals surface area contributed by atoms with Gasteiger partial charge >= 0.3 is 0 Å². The number of halogens is 1. The van der Waals surface area contributed by atoms with Crippen molar-refractivity contribution < 1.29 is 14.7 Å². The third kappa shape index (κ3) is 5.34. The Balaban J connectivity index is 1.79. The second-order valence-corrected chi connectivity index (χ2v) is 9.27. The molecule has 168 valence electrons. The number of likely N-dealkylation sites (N-methyl/N-ethyl adjacent to an activating group) is 1. The molecule has 31 heavy (non-hydrogen) atoms. The highest BCUT2D eigenvalue weighted by Gasteiger charge is 2.44. The predicted octanol–water partition coefficient (Wildman–Crippen LogP) is 1.84. The maximum atomic E-state index is 13.5. The van der Waals surface area contributed by atoms with Gasteiger partial charge in [-0.2, -0.15) is 0 Å². The summed E-state index contributed by atoms with van der Waals surface area (Å²) in [4.78, 5) is 27.2. The summed E-state index contributed by atoms with van der Waals surface area (Å²) in [5.41, 5.74) is 1.06. The number of nitrogens with zero attached hydrogens (tertiary/aromatic N) is 4. The van der Waals surface area contributed by atoms with Crippen molar-refractivity contribution in [2.75, 3.05) is 18.9 Å². The molecule has 1 aromatic heterocycles.